The molecular weight excluding hydrogens is 428 g/mol. The molecule has 6 nitrogen and oxygen atoms in total. The van der Waals surface area contributed by atoms with Crippen molar-refractivity contribution in [1.29, 1.82) is 0 Å². The first-order valence-electron chi connectivity index (χ1n) is 11.0. The van der Waals surface area contributed by atoms with E-state index in [0.29, 0.717) is 23.9 Å². The Bertz CT molecular complexity index is 1280. The van der Waals surface area contributed by atoms with Crippen LogP contribution in [0.3, 0.4) is 0 Å². The summed E-state index contributed by atoms with van der Waals surface area (Å²) in [4.78, 5) is 12.2. The van der Waals surface area contributed by atoms with E-state index in [1.807, 2.05) is 48.5 Å². The van der Waals surface area contributed by atoms with Gasteiger partial charge in [0.25, 0.3) is 5.91 Å². The second kappa shape index (κ2) is 11.0. The Morgan fingerprint density at radius 3 is 2.53 bits per heavy atom. The Hall–Kier alpha value is -4.32. The lowest BCUT2D eigenvalue weighted by atomic mass is 10.1. The van der Waals surface area contributed by atoms with Crippen molar-refractivity contribution in [2.24, 2.45) is 5.10 Å². The third-order valence-electron chi connectivity index (χ3n) is 5.26. The highest BCUT2D eigenvalue weighted by atomic mass is 16.5. The third-order valence-corrected chi connectivity index (χ3v) is 5.26. The van der Waals surface area contributed by atoms with E-state index in [9.17, 15) is 4.79 Å². The molecule has 0 aliphatic carbocycles. The van der Waals surface area contributed by atoms with Gasteiger partial charge in [-0.3, -0.25) is 4.79 Å². The number of amides is 1. The maximum absolute atomic E-state index is 12.2. The van der Waals surface area contributed by atoms with Crippen molar-refractivity contribution in [2.75, 3.05) is 7.11 Å². The van der Waals surface area contributed by atoms with E-state index in [1.165, 1.54) is 5.39 Å². The highest BCUT2D eigenvalue weighted by molar-refractivity contribution is 5.86. The van der Waals surface area contributed by atoms with Crippen molar-refractivity contribution < 1.29 is 19.0 Å². The summed E-state index contributed by atoms with van der Waals surface area (Å²) in [6, 6.07) is 29.0. The molecule has 0 saturated carbocycles. The second-order valence-electron chi connectivity index (χ2n) is 7.64. The minimum atomic E-state index is -0.682. The monoisotopic (exact) mass is 454 g/mol. The Kier molecular flexibility index (Phi) is 7.40. The van der Waals surface area contributed by atoms with Crippen LogP contribution in [0.15, 0.2) is 96.1 Å². The summed E-state index contributed by atoms with van der Waals surface area (Å²) >= 11 is 0. The van der Waals surface area contributed by atoms with E-state index < -0.39 is 6.10 Å². The Labute approximate surface area is 198 Å². The maximum Gasteiger partial charge on any atom is 0.280 e. The van der Waals surface area contributed by atoms with Gasteiger partial charge in [-0.1, -0.05) is 60.7 Å². The standard InChI is InChI=1S/C28H26N2O4/c1-20(34-24-12-4-3-5-13-24)28(31)30-29-18-21-15-16-26(27(17-21)32-2)33-19-23-11-8-10-22-9-6-7-14-25(22)23/h3-18,20H,19H2,1-2H3,(H,30,31)/b29-18+/t20-/m1/s1. The molecule has 0 radical (unpaired) electrons. The lowest BCUT2D eigenvalue weighted by molar-refractivity contribution is -0.127. The Morgan fingerprint density at radius 1 is 0.941 bits per heavy atom. The number of carbonyl (C=O) groups excluding carboxylic acids is 1. The number of nitrogens with zero attached hydrogens (tertiary/aromatic N) is 1. The fourth-order valence-electron chi connectivity index (χ4n) is 3.48. The van der Waals surface area contributed by atoms with Crippen LogP contribution >= 0.6 is 0 Å². The highest BCUT2D eigenvalue weighted by Gasteiger charge is 2.13. The first-order valence-corrected chi connectivity index (χ1v) is 11.0. The van der Waals surface area contributed by atoms with Gasteiger partial charge in [0.15, 0.2) is 17.6 Å². The zero-order valence-corrected chi connectivity index (χ0v) is 19.1. The summed E-state index contributed by atoms with van der Waals surface area (Å²) < 4.78 is 17.2. The smallest absolute Gasteiger partial charge is 0.280 e. The lowest BCUT2D eigenvalue weighted by Crippen LogP contribution is -2.33. The summed E-state index contributed by atoms with van der Waals surface area (Å²) in [5, 5.41) is 6.37. The van der Waals surface area contributed by atoms with Gasteiger partial charge in [0, 0.05) is 0 Å². The number of methoxy groups -OCH3 is 1. The molecule has 4 rings (SSSR count). The minimum absolute atomic E-state index is 0.345. The zero-order chi connectivity index (χ0) is 23.8. The molecule has 172 valence electrons. The largest absolute Gasteiger partial charge is 0.493 e. The molecule has 0 saturated heterocycles. The van der Waals surface area contributed by atoms with Crippen molar-refractivity contribution in [1.82, 2.24) is 5.43 Å². The van der Waals surface area contributed by atoms with E-state index >= 15 is 0 Å². The number of hydrogen-bond acceptors (Lipinski definition) is 5. The minimum Gasteiger partial charge on any atom is -0.493 e. The number of carbonyl (C=O) groups is 1. The first-order chi connectivity index (χ1) is 16.6. The van der Waals surface area contributed by atoms with Gasteiger partial charge >= 0.3 is 0 Å². The Balaban J connectivity index is 1.37. The van der Waals surface area contributed by atoms with Crippen molar-refractivity contribution in [3.8, 4) is 17.2 Å². The van der Waals surface area contributed by atoms with Crippen LogP contribution in [0.5, 0.6) is 17.2 Å². The molecule has 1 amide bonds. The number of ether oxygens (including phenoxy) is 3. The van der Waals surface area contributed by atoms with Crippen LogP contribution in [0.1, 0.15) is 18.1 Å². The SMILES string of the molecule is COc1cc(/C=N/NC(=O)[C@@H](C)Oc2ccccc2)ccc1OCc1cccc2ccccc12. The lowest BCUT2D eigenvalue weighted by Gasteiger charge is -2.13. The fraction of sp³-hybridized carbons (Fsp3) is 0.143. The zero-order valence-electron chi connectivity index (χ0n) is 19.1. The molecule has 0 unspecified atom stereocenters. The Morgan fingerprint density at radius 2 is 1.71 bits per heavy atom. The van der Waals surface area contributed by atoms with Gasteiger partial charge in [-0.2, -0.15) is 5.10 Å². The molecule has 4 aromatic rings. The van der Waals surface area contributed by atoms with Gasteiger partial charge in [-0.15, -0.1) is 0 Å². The molecule has 6 heteroatoms. The second-order valence-corrected chi connectivity index (χ2v) is 7.64. The topological polar surface area (TPSA) is 69.2 Å². The molecule has 0 spiro atoms. The van der Waals surface area contributed by atoms with Gasteiger partial charge in [-0.25, -0.2) is 5.43 Å². The van der Waals surface area contributed by atoms with Crippen molar-refractivity contribution in [2.45, 2.75) is 19.6 Å². The van der Waals surface area contributed by atoms with Crippen LogP contribution in [0.25, 0.3) is 10.8 Å². The molecular formula is C28H26N2O4. The van der Waals surface area contributed by atoms with Crippen LogP contribution in [0.2, 0.25) is 0 Å². The van der Waals surface area contributed by atoms with Crippen molar-refractivity contribution in [3.05, 3.63) is 102 Å². The molecule has 34 heavy (non-hydrogen) atoms. The molecule has 1 N–H and O–H groups in total. The van der Waals surface area contributed by atoms with Gasteiger partial charge in [0.1, 0.15) is 12.4 Å². The number of para-hydroxylation sites is 1. The number of benzene rings is 4. The predicted octanol–water partition coefficient (Wildman–Crippen LogP) is 5.35. The fourth-order valence-corrected chi connectivity index (χ4v) is 3.48. The summed E-state index contributed by atoms with van der Waals surface area (Å²) in [6.07, 6.45) is 0.864. The van der Waals surface area contributed by atoms with Gasteiger partial charge in [-0.05, 0) is 59.2 Å². The molecule has 0 aliphatic heterocycles. The molecule has 0 fully saturated rings. The quantitative estimate of drug-likeness (QED) is 0.274. The average molecular weight is 455 g/mol. The molecule has 0 bridgehead atoms. The van der Waals surface area contributed by atoms with Crippen molar-refractivity contribution in [3.63, 3.8) is 0 Å². The number of hydrogen-bond donors (Lipinski definition) is 1. The van der Waals surface area contributed by atoms with Crippen LogP contribution < -0.4 is 19.6 Å². The third kappa shape index (κ3) is 5.72. The summed E-state index contributed by atoms with van der Waals surface area (Å²) in [5.74, 6) is 1.48. The van der Waals surface area contributed by atoms with Crippen LogP contribution in [-0.2, 0) is 11.4 Å². The number of rotatable bonds is 9. The van der Waals surface area contributed by atoms with E-state index in [1.54, 1.807) is 38.4 Å². The summed E-state index contributed by atoms with van der Waals surface area (Å²) in [5.41, 5.74) is 4.35. The first kappa shape index (κ1) is 22.9. The van der Waals surface area contributed by atoms with Gasteiger partial charge < -0.3 is 14.2 Å². The van der Waals surface area contributed by atoms with Crippen LogP contribution in [-0.4, -0.2) is 25.3 Å². The van der Waals surface area contributed by atoms with Gasteiger partial charge in [0.2, 0.25) is 0 Å². The normalized spacial score (nSPS) is 11.8. The molecule has 0 heterocycles. The molecule has 0 aliphatic rings. The highest BCUT2D eigenvalue weighted by Crippen LogP contribution is 2.29. The molecule has 1 atom stereocenters. The molecule has 0 aromatic heterocycles. The van der Waals surface area contributed by atoms with Crippen molar-refractivity contribution >= 4 is 22.9 Å². The number of nitrogens with one attached hydrogen (secondary N) is 1. The summed E-state index contributed by atoms with van der Waals surface area (Å²) in [7, 11) is 1.59. The number of fused-ring (bicyclic) bond motifs is 1. The van der Waals surface area contributed by atoms with E-state index in [0.717, 1.165) is 16.5 Å². The summed E-state index contributed by atoms with van der Waals surface area (Å²) in [6.45, 7) is 2.09. The van der Waals surface area contributed by atoms with Crippen LogP contribution in [0, 0.1) is 0 Å². The van der Waals surface area contributed by atoms with Crippen LogP contribution in [0.4, 0.5) is 0 Å². The average Bonchev–Trinajstić information content (AvgIpc) is 2.88. The van der Waals surface area contributed by atoms with Gasteiger partial charge in [0.05, 0.1) is 13.3 Å². The van der Waals surface area contributed by atoms with E-state index in [2.05, 4.69) is 34.8 Å². The van der Waals surface area contributed by atoms with E-state index in [4.69, 9.17) is 14.2 Å². The van der Waals surface area contributed by atoms with E-state index in [-0.39, 0.29) is 5.91 Å². The number of hydrazone groups is 1. The molecule has 4 aromatic carbocycles. The predicted molar refractivity (Wildman–Crippen MR) is 134 cm³/mol. The maximum atomic E-state index is 12.2.